The maximum atomic E-state index is 10.8. The van der Waals surface area contributed by atoms with E-state index in [1.165, 1.54) is 25.5 Å². The van der Waals surface area contributed by atoms with Gasteiger partial charge in [0.05, 0.1) is 11.2 Å². The van der Waals surface area contributed by atoms with Crippen LogP contribution in [0.15, 0.2) is 30.5 Å². The predicted octanol–water partition coefficient (Wildman–Crippen LogP) is 2.92. The Hall–Kier alpha value is -1.59. The molecule has 1 aromatic rings. The third kappa shape index (κ3) is 4.42. The summed E-state index contributed by atoms with van der Waals surface area (Å²) in [5.41, 5.74) is 0.588. The molecule has 6 heteroatoms. The van der Waals surface area contributed by atoms with E-state index in [-0.39, 0.29) is 12.5 Å². The molecule has 1 rings (SSSR count). The average molecular weight is 258 g/mol. The number of allylic oxidation sites excluding steroid dienone is 1. The minimum Gasteiger partial charge on any atom is -0.475 e. The summed E-state index contributed by atoms with van der Waals surface area (Å²) in [5, 5.41) is 11.2. The molecule has 1 aromatic carbocycles. The van der Waals surface area contributed by atoms with Crippen LogP contribution in [0.1, 0.15) is 5.56 Å². The zero-order valence-electron chi connectivity index (χ0n) is 9.26. The van der Waals surface area contributed by atoms with Crippen LogP contribution < -0.4 is 0 Å². The Kier molecular flexibility index (Phi) is 5.45. The summed E-state index contributed by atoms with van der Waals surface area (Å²) in [6, 6.07) is 4.45. The first kappa shape index (κ1) is 13.5. The van der Waals surface area contributed by atoms with Crippen LogP contribution in [0.5, 0.6) is 0 Å². The van der Waals surface area contributed by atoms with E-state index in [0.29, 0.717) is 17.0 Å². The van der Waals surface area contributed by atoms with Crippen LogP contribution >= 0.6 is 11.6 Å². The SMILES string of the molecule is COCOC=CCc1cc(Cl)ccc1[N+](=O)[O-]. The van der Waals surface area contributed by atoms with Gasteiger partial charge in [0, 0.05) is 30.2 Å². The molecule has 0 spiro atoms. The van der Waals surface area contributed by atoms with E-state index in [2.05, 4.69) is 4.74 Å². The maximum absolute atomic E-state index is 10.8. The second-order valence-electron chi connectivity index (χ2n) is 3.18. The zero-order chi connectivity index (χ0) is 12.7. The molecule has 0 aliphatic heterocycles. The summed E-state index contributed by atoms with van der Waals surface area (Å²) in [7, 11) is 1.51. The summed E-state index contributed by atoms with van der Waals surface area (Å²) < 4.78 is 9.60. The van der Waals surface area contributed by atoms with Crippen molar-refractivity contribution < 1.29 is 14.4 Å². The molecule has 92 valence electrons. The van der Waals surface area contributed by atoms with Gasteiger partial charge in [0.15, 0.2) is 6.79 Å². The summed E-state index contributed by atoms with van der Waals surface area (Å²) in [4.78, 5) is 10.3. The van der Waals surface area contributed by atoms with E-state index in [1.807, 2.05) is 0 Å². The number of rotatable bonds is 6. The Labute approximate surface area is 104 Å². The van der Waals surface area contributed by atoms with Crippen molar-refractivity contribution in [2.24, 2.45) is 0 Å². The molecule has 0 aliphatic rings. The lowest BCUT2D eigenvalue weighted by atomic mass is 10.1. The van der Waals surface area contributed by atoms with Crippen molar-refractivity contribution >= 4 is 17.3 Å². The first-order chi connectivity index (χ1) is 8.15. The van der Waals surface area contributed by atoms with Gasteiger partial charge in [-0.2, -0.15) is 0 Å². The number of hydrogen-bond acceptors (Lipinski definition) is 4. The normalized spacial score (nSPS) is 10.7. The van der Waals surface area contributed by atoms with Crippen LogP contribution in [0.3, 0.4) is 0 Å². The van der Waals surface area contributed by atoms with Gasteiger partial charge in [-0.25, -0.2) is 0 Å². The molecular weight excluding hydrogens is 246 g/mol. The van der Waals surface area contributed by atoms with Crippen molar-refractivity contribution in [3.63, 3.8) is 0 Å². The minimum atomic E-state index is -0.435. The highest BCUT2D eigenvalue weighted by atomic mass is 35.5. The van der Waals surface area contributed by atoms with E-state index in [4.69, 9.17) is 16.3 Å². The second-order valence-corrected chi connectivity index (χ2v) is 3.62. The van der Waals surface area contributed by atoms with Crippen LogP contribution in [-0.2, 0) is 15.9 Å². The van der Waals surface area contributed by atoms with Crippen LogP contribution in [0.25, 0.3) is 0 Å². The smallest absolute Gasteiger partial charge is 0.273 e. The number of nitrogens with zero attached hydrogens (tertiary/aromatic N) is 1. The summed E-state index contributed by atoms with van der Waals surface area (Å²) in [5.74, 6) is 0. The third-order valence-electron chi connectivity index (χ3n) is 1.95. The highest BCUT2D eigenvalue weighted by Crippen LogP contribution is 2.23. The summed E-state index contributed by atoms with van der Waals surface area (Å²) in [6.45, 7) is 0.147. The van der Waals surface area contributed by atoms with Gasteiger partial charge in [0.2, 0.25) is 0 Å². The van der Waals surface area contributed by atoms with Crippen molar-refractivity contribution in [1.82, 2.24) is 0 Å². The fourth-order valence-corrected chi connectivity index (χ4v) is 1.44. The molecular formula is C11H12ClNO4. The van der Waals surface area contributed by atoms with Crippen molar-refractivity contribution in [2.45, 2.75) is 6.42 Å². The fraction of sp³-hybridized carbons (Fsp3) is 0.273. The number of halogens is 1. The molecule has 5 nitrogen and oxygen atoms in total. The topological polar surface area (TPSA) is 61.6 Å². The molecule has 0 N–H and O–H groups in total. The number of benzene rings is 1. The van der Waals surface area contributed by atoms with Crippen LogP contribution in [0.4, 0.5) is 5.69 Å². The molecule has 0 amide bonds. The van der Waals surface area contributed by atoms with E-state index in [0.717, 1.165) is 0 Å². The third-order valence-corrected chi connectivity index (χ3v) is 2.19. The molecule has 0 radical (unpaired) electrons. The molecule has 0 unspecified atom stereocenters. The van der Waals surface area contributed by atoms with E-state index in [1.54, 1.807) is 12.1 Å². The highest BCUT2D eigenvalue weighted by Gasteiger charge is 2.12. The number of hydrogen-bond donors (Lipinski definition) is 0. The lowest BCUT2D eigenvalue weighted by Gasteiger charge is -2.01. The fourth-order valence-electron chi connectivity index (χ4n) is 1.25. The molecule has 0 saturated heterocycles. The van der Waals surface area contributed by atoms with Gasteiger partial charge in [-0.3, -0.25) is 10.1 Å². The average Bonchev–Trinajstić information content (AvgIpc) is 2.28. The van der Waals surface area contributed by atoms with Crippen LogP contribution in [0, 0.1) is 10.1 Å². The van der Waals surface area contributed by atoms with E-state index < -0.39 is 4.92 Å². The van der Waals surface area contributed by atoms with Gasteiger partial charge in [-0.05, 0) is 18.2 Å². The molecule has 0 aromatic heterocycles. The van der Waals surface area contributed by atoms with Gasteiger partial charge in [0.25, 0.3) is 5.69 Å². The molecule has 0 bridgehead atoms. The second kappa shape index (κ2) is 6.88. The Morgan fingerprint density at radius 1 is 1.53 bits per heavy atom. The lowest BCUT2D eigenvalue weighted by Crippen LogP contribution is -1.94. The number of nitro benzene ring substituents is 1. The molecule has 17 heavy (non-hydrogen) atoms. The molecule has 0 heterocycles. The Balaban J connectivity index is 2.71. The molecule has 0 fully saturated rings. The van der Waals surface area contributed by atoms with Gasteiger partial charge in [-0.15, -0.1) is 0 Å². The first-order valence-corrected chi connectivity index (χ1v) is 5.21. The lowest BCUT2D eigenvalue weighted by molar-refractivity contribution is -0.385. The Morgan fingerprint density at radius 3 is 2.94 bits per heavy atom. The van der Waals surface area contributed by atoms with Crippen molar-refractivity contribution in [1.29, 1.82) is 0 Å². The summed E-state index contributed by atoms with van der Waals surface area (Å²) in [6.07, 6.45) is 3.48. The zero-order valence-corrected chi connectivity index (χ0v) is 10.0. The van der Waals surface area contributed by atoms with Gasteiger partial charge >= 0.3 is 0 Å². The van der Waals surface area contributed by atoms with Gasteiger partial charge < -0.3 is 9.47 Å². The monoisotopic (exact) mass is 257 g/mol. The standard InChI is InChI=1S/C11H12ClNO4/c1-16-8-17-6-2-3-9-7-10(12)4-5-11(9)13(14)15/h2,4-7H,3,8H2,1H3. The molecule has 0 aliphatic carbocycles. The van der Waals surface area contributed by atoms with E-state index >= 15 is 0 Å². The van der Waals surface area contributed by atoms with Crippen molar-refractivity contribution in [2.75, 3.05) is 13.9 Å². The quantitative estimate of drug-likeness (QED) is 0.258. The highest BCUT2D eigenvalue weighted by molar-refractivity contribution is 6.30. The van der Waals surface area contributed by atoms with E-state index in [9.17, 15) is 10.1 Å². The molecule has 0 atom stereocenters. The first-order valence-electron chi connectivity index (χ1n) is 4.83. The predicted molar refractivity (Wildman–Crippen MR) is 63.9 cm³/mol. The van der Waals surface area contributed by atoms with Crippen molar-refractivity contribution in [3.8, 4) is 0 Å². The van der Waals surface area contributed by atoms with Crippen molar-refractivity contribution in [3.05, 3.63) is 51.2 Å². The molecule has 0 saturated carbocycles. The van der Waals surface area contributed by atoms with Crippen LogP contribution in [0.2, 0.25) is 5.02 Å². The number of methoxy groups -OCH3 is 1. The van der Waals surface area contributed by atoms with Gasteiger partial charge in [0.1, 0.15) is 0 Å². The Morgan fingerprint density at radius 2 is 2.29 bits per heavy atom. The van der Waals surface area contributed by atoms with Crippen LogP contribution in [-0.4, -0.2) is 18.8 Å². The minimum absolute atomic E-state index is 0.0470. The number of nitro groups is 1. The largest absolute Gasteiger partial charge is 0.475 e. The number of ether oxygens (including phenoxy) is 2. The Bertz CT molecular complexity index is 420. The van der Waals surface area contributed by atoms with Gasteiger partial charge in [-0.1, -0.05) is 11.6 Å². The summed E-state index contributed by atoms with van der Waals surface area (Å²) >= 11 is 5.79. The maximum Gasteiger partial charge on any atom is 0.273 e.